The Labute approximate surface area is 154 Å². The van der Waals surface area contributed by atoms with Crippen molar-refractivity contribution in [2.24, 2.45) is 0 Å². The zero-order valence-corrected chi connectivity index (χ0v) is 14.1. The second kappa shape index (κ2) is 8.33. The first-order valence-electron chi connectivity index (χ1n) is 6.46. The summed E-state index contributed by atoms with van der Waals surface area (Å²) in [7, 11) is -6.30. The third-order valence-electron chi connectivity index (χ3n) is 2.68. The number of carbonyl (C=O) groups is 2. The average Bonchev–Trinajstić information content (AvgIpc) is 2.47. The van der Waals surface area contributed by atoms with Gasteiger partial charge in [0.05, 0.1) is 6.42 Å². The Morgan fingerprint density at radius 1 is 0.966 bits per heavy atom. The van der Waals surface area contributed by atoms with Gasteiger partial charge in [0.1, 0.15) is 5.57 Å². The molecule has 0 radical (unpaired) electrons. The number of rotatable bonds is 8. The second-order valence-electron chi connectivity index (χ2n) is 5.00. The van der Waals surface area contributed by atoms with Crippen LogP contribution in [0.3, 0.4) is 0 Å². The Balaban J connectivity index is 5.66. The number of alkyl halides is 10. The van der Waals surface area contributed by atoms with Gasteiger partial charge in [0.2, 0.25) is 0 Å². The molecule has 1 N–H and O–H groups in total. The van der Waals surface area contributed by atoms with E-state index in [1.54, 1.807) is 0 Å². The van der Waals surface area contributed by atoms with Crippen LogP contribution in [0, 0.1) is 0 Å². The lowest BCUT2D eigenvalue weighted by molar-refractivity contribution is -0.223. The van der Waals surface area contributed by atoms with Gasteiger partial charge in [0.15, 0.2) is 12.7 Å². The van der Waals surface area contributed by atoms with Crippen molar-refractivity contribution in [3.63, 3.8) is 0 Å². The van der Waals surface area contributed by atoms with Gasteiger partial charge in [-0.3, -0.25) is 4.55 Å². The van der Waals surface area contributed by atoms with Crippen molar-refractivity contribution in [1.29, 1.82) is 0 Å². The lowest BCUT2D eigenvalue weighted by Gasteiger charge is -2.26. The highest BCUT2D eigenvalue weighted by atomic mass is 32.2. The summed E-state index contributed by atoms with van der Waals surface area (Å²) in [6, 6.07) is 0. The van der Waals surface area contributed by atoms with Crippen LogP contribution in [0.4, 0.5) is 43.9 Å². The topological polar surface area (TPSA) is 107 Å². The van der Waals surface area contributed by atoms with E-state index in [9.17, 15) is 61.9 Å². The molecule has 170 valence electrons. The highest BCUT2D eigenvalue weighted by Crippen LogP contribution is 2.35. The largest absolute Gasteiger partial charge is 0.453 e. The van der Waals surface area contributed by atoms with Gasteiger partial charge in [-0.25, -0.2) is 9.59 Å². The summed E-state index contributed by atoms with van der Waals surface area (Å²) < 4.78 is 162. The van der Waals surface area contributed by atoms with Gasteiger partial charge in [0, 0.05) is 0 Å². The summed E-state index contributed by atoms with van der Waals surface area (Å²) in [5.74, 6) is -11.8. The first-order chi connectivity index (χ1) is 12.5. The molecular formula is C11H8F10O7S. The summed E-state index contributed by atoms with van der Waals surface area (Å²) in [6.07, 6.45) is -18.2. The Morgan fingerprint density at radius 3 is 1.76 bits per heavy atom. The molecule has 0 aliphatic rings. The number of esters is 2. The van der Waals surface area contributed by atoms with Crippen LogP contribution in [-0.4, -0.2) is 61.1 Å². The van der Waals surface area contributed by atoms with E-state index < -0.39 is 70.3 Å². The zero-order chi connectivity index (χ0) is 23.6. The smallest absolute Gasteiger partial charge is 0.422 e. The van der Waals surface area contributed by atoms with E-state index in [4.69, 9.17) is 4.55 Å². The summed E-state index contributed by atoms with van der Waals surface area (Å²) in [5, 5.41) is -5.36. The molecule has 0 bridgehead atoms. The summed E-state index contributed by atoms with van der Waals surface area (Å²) >= 11 is 0. The fraction of sp³-hybridized carbons (Fsp3) is 0.636. The van der Waals surface area contributed by atoms with Gasteiger partial charge < -0.3 is 9.47 Å². The van der Waals surface area contributed by atoms with Crippen LogP contribution in [0.5, 0.6) is 0 Å². The molecule has 0 spiro atoms. The van der Waals surface area contributed by atoms with Crippen LogP contribution in [-0.2, 0) is 29.2 Å². The van der Waals surface area contributed by atoms with Crippen LogP contribution in [0.25, 0.3) is 0 Å². The minimum absolute atomic E-state index is 2.06. The van der Waals surface area contributed by atoms with Gasteiger partial charge in [-0.2, -0.15) is 52.3 Å². The van der Waals surface area contributed by atoms with Crippen LogP contribution in [0.1, 0.15) is 6.42 Å². The molecule has 0 amide bonds. The number of halogens is 10. The van der Waals surface area contributed by atoms with Gasteiger partial charge in [-0.1, -0.05) is 6.58 Å². The molecule has 29 heavy (non-hydrogen) atoms. The van der Waals surface area contributed by atoms with Crippen molar-refractivity contribution in [3.8, 4) is 0 Å². The molecule has 0 aromatic carbocycles. The molecule has 0 aromatic heterocycles. The first-order valence-corrected chi connectivity index (χ1v) is 7.90. The molecule has 0 aliphatic heterocycles. The normalized spacial score (nSPS) is 14.9. The molecule has 1 atom stereocenters. The van der Waals surface area contributed by atoms with Crippen molar-refractivity contribution in [2.45, 2.75) is 36.1 Å². The maximum atomic E-state index is 13.8. The number of hydrogen-bond acceptors (Lipinski definition) is 6. The van der Waals surface area contributed by atoms with E-state index in [1.165, 1.54) is 0 Å². The van der Waals surface area contributed by atoms with Gasteiger partial charge in [-0.15, -0.1) is 0 Å². The molecule has 0 aliphatic carbocycles. The molecule has 0 saturated carbocycles. The van der Waals surface area contributed by atoms with Crippen LogP contribution < -0.4 is 0 Å². The minimum Gasteiger partial charge on any atom is -0.453 e. The lowest BCUT2D eigenvalue weighted by Crippen LogP contribution is -2.49. The van der Waals surface area contributed by atoms with Crippen molar-refractivity contribution in [3.05, 3.63) is 12.2 Å². The number of carbonyl (C=O) groups excluding carboxylic acids is 2. The van der Waals surface area contributed by atoms with E-state index in [2.05, 4.69) is 16.1 Å². The minimum atomic E-state index is -6.30. The Hall–Kier alpha value is -2.11. The lowest BCUT2D eigenvalue weighted by atomic mass is 10.1. The maximum Gasteiger partial charge on any atom is 0.422 e. The molecule has 0 rings (SSSR count). The highest BCUT2D eigenvalue weighted by Gasteiger charge is 2.57. The number of hydrogen-bond donors (Lipinski definition) is 1. The first kappa shape index (κ1) is 26.9. The quantitative estimate of drug-likeness (QED) is 0.250. The van der Waals surface area contributed by atoms with Crippen molar-refractivity contribution >= 4 is 22.1 Å². The Bertz CT molecular complexity index is 753. The predicted octanol–water partition coefficient (Wildman–Crippen LogP) is 2.63. The van der Waals surface area contributed by atoms with Crippen molar-refractivity contribution < 1.29 is 75.9 Å². The van der Waals surface area contributed by atoms with Crippen LogP contribution in [0.15, 0.2) is 12.2 Å². The van der Waals surface area contributed by atoms with E-state index in [0.29, 0.717) is 0 Å². The second-order valence-corrected chi connectivity index (χ2v) is 6.55. The molecule has 0 saturated heterocycles. The molecule has 18 heteroatoms. The summed E-state index contributed by atoms with van der Waals surface area (Å²) in [4.78, 5) is 22.2. The van der Waals surface area contributed by atoms with Gasteiger partial charge in [-0.05, 0) is 0 Å². The van der Waals surface area contributed by atoms with Crippen molar-refractivity contribution in [1.82, 2.24) is 0 Å². The van der Waals surface area contributed by atoms with E-state index in [1.807, 2.05) is 0 Å². The highest BCUT2D eigenvalue weighted by molar-refractivity contribution is 7.86. The van der Waals surface area contributed by atoms with Gasteiger partial charge in [0.25, 0.3) is 0 Å². The van der Waals surface area contributed by atoms with E-state index >= 15 is 0 Å². The molecule has 0 fully saturated rings. The third kappa shape index (κ3) is 7.67. The maximum absolute atomic E-state index is 13.8. The molecule has 7 nitrogen and oxygen atoms in total. The van der Waals surface area contributed by atoms with Crippen molar-refractivity contribution in [2.75, 3.05) is 6.61 Å². The fourth-order valence-corrected chi connectivity index (χ4v) is 1.43. The SMILES string of the molecule is C=C(C(=O)OC(CC(F)(F)F)C(F)(F)C(=O)OCC(F)(F)S(=O)(=O)O)C(F)(F)F. The zero-order valence-electron chi connectivity index (χ0n) is 13.3. The Morgan fingerprint density at radius 2 is 1.41 bits per heavy atom. The summed E-state index contributed by atoms with van der Waals surface area (Å²) in [6.45, 7) is -0.741. The fourth-order valence-electron chi connectivity index (χ4n) is 1.22. The van der Waals surface area contributed by atoms with Gasteiger partial charge >= 0.3 is 45.6 Å². The van der Waals surface area contributed by atoms with E-state index in [-0.39, 0.29) is 0 Å². The standard InChI is InChI=1S/C11H8F10O7S/c1-4(11(19,20)21)6(22)28-5(2-8(12,13)14)10(17,18)7(23)27-3-9(15,16)29(24,25)26/h5H,1-3H2,(H,24,25,26). The van der Waals surface area contributed by atoms with Crippen LogP contribution in [0.2, 0.25) is 0 Å². The third-order valence-corrected chi connectivity index (χ3v) is 3.55. The van der Waals surface area contributed by atoms with Crippen LogP contribution >= 0.6 is 0 Å². The monoisotopic (exact) mass is 474 g/mol. The molecular weight excluding hydrogens is 466 g/mol. The predicted molar refractivity (Wildman–Crippen MR) is 68.1 cm³/mol. The van der Waals surface area contributed by atoms with E-state index in [0.717, 1.165) is 0 Å². The Kier molecular flexibility index (Phi) is 7.72. The number of ether oxygens (including phenoxy) is 2. The molecule has 0 heterocycles. The summed E-state index contributed by atoms with van der Waals surface area (Å²) in [5.41, 5.74) is -2.54. The average molecular weight is 474 g/mol. The molecule has 1 unspecified atom stereocenters. The molecule has 0 aromatic rings.